The molecular weight excluding hydrogens is 418 g/mol. The molecule has 2 heterocycles. The van der Waals surface area contributed by atoms with E-state index in [-0.39, 0.29) is 0 Å². The first-order valence-electron chi connectivity index (χ1n) is 8.47. The van der Waals surface area contributed by atoms with E-state index in [9.17, 15) is 4.21 Å². The molecule has 26 heavy (non-hydrogen) atoms. The molecule has 0 spiro atoms. The van der Waals surface area contributed by atoms with Crippen LogP contribution >= 0.6 is 15.9 Å². The molecule has 3 N–H and O–H groups in total. The largest absolute Gasteiger partial charge is 0.492 e. The third-order valence-corrected chi connectivity index (χ3v) is 5.74. The number of anilines is 3. The number of nitrogens with zero attached hydrogens (tertiary/aromatic N) is 2. The Kier molecular flexibility index (Phi) is 5.98. The zero-order valence-electron chi connectivity index (χ0n) is 14.5. The van der Waals surface area contributed by atoms with E-state index in [1.807, 2.05) is 0 Å². The highest BCUT2D eigenvalue weighted by molar-refractivity contribution is 9.10. The zero-order chi connectivity index (χ0) is 18.6. The minimum Gasteiger partial charge on any atom is -0.492 e. The Labute approximate surface area is 162 Å². The molecule has 3 rings (SSSR count). The highest BCUT2D eigenvalue weighted by Gasteiger charge is 2.14. The molecular formula is C17H22BrN5O2S. The number of rotatable bonds is 1. The fraction of sp³-hybridized carbons (Fsp3) is 0.412. The van der Waals surface area contributed by atoms with Gasteiger partial charge in [0.2, 0.25) is 5.95 Å². The Hall–Kier alpha value is -1.87. The number of ether oxygens (including phenoxy) is 1. The van der Waals surface area contributed by atoms with Crippen LogP contribution in [-0.4, -0.2) is 33.6 Å². The van der Waals surface area contributed by atoms with Crippen molar-refractivity contribution in [2.24, 2.45) is 0 Å². The van der Waals surface area contributed by atoms with Crippen molar-refractivity contribution >= 4 is 43.1 Å². The van der Waals surface area contributed by atoms with Crippen LogP contribution in [0, 0.1) is 4.78 Å². The summed E-state index contributed by atoms with van der Waals surface area (Å²) >= 11 is 3.46. The second-order valence-electron chi connectivity index (χ2n) is 6.21. The SMILES string of the molecule is CS(=N)(=O)c1ccc2cc1OCCCCCCNc1nc(ncc1Br)N2. The lowest BCUT2D eigenvalue weighted by Gasteiger charge is -2.14. The van der Waals surface area contributed by atoms with E-state index in [1.165, 1.54) is 6.26 Å². The summed E-state index contributed by atoms with van der Waals surface area (Å²) in [6.07, 6.45) is 7.18. The third kappa shape index (κ3) is 4.85. The summed E-state index contributed by atoms with van der Waals surface area (Å²) in [5.41, 5.74) is 0.718. The molecule has 9 heteroatoms. The van der Waals surface area contributed by atoms with Crippen molar-refractivity contribution in [3.8, 4) is 5.75 Å². The Morgan fingerprint density at radius 3 is 2.88 bits per heavy atom. The number of nitrogens with one attached hydrogen (secondary N) is 3. The van der Waals surface area contributed by atoms with Crippen molar-refractivity contribution < 1.29 is 8.95 Å². The van der Waals surface area contributed by atoms with Crippen LogP contribution in [0.3, 0.4) is 0 Å². The normalized spacial score (nSPS) is 17.5. The van der Waals surface area contributed by atoms with Crippen molar-refractivity contribution in [3.63, 3.8) is 0 Å². The lowest BCUT2D eigenvalue weighted by molar-refractivity contribution is 0.298. The van der Waals surface area contributed by atoms with Gasteiger partial charge in [0.15, 0.2) is 0 Å². The Morgan fingerprint density at radius 2 is 2.08 bits per heavy atom. The molecule has 0 aliphatic carbocycles. The highest BCUT2D eigenvalue weighted by Crippen LogP contribution is 2.30. The van der Waals surface area contributed by atoms with Crippen LogP contribution in [0.15, 0.2) is 33.8 Å². The van der Waals surface area contributed by atoms with Gasteiger partial charge in [-0.05, 0) is 40.9 Å². The first-order valence-corrected chi connectivity index (χ1v) is 11.2. The van der Waals surface area contributed by atoms with Gasteiger partial charge in [-0.25, -0.2) is 14.0 Å². The first kappa shape index (κ1) is 18.9. The summed E-state index contributed by atoms with van der Waals surface area (Å²) in [7, 11) is -2.87. The molecule has 1 aliphatic rings. The number of aromatic nitrogens is 2. The van der Waals surface area contributed by atoms with Crippen LogP contribution in [0.4, 0.5) is 17.5 Å². The molecule has 1 atom stereocenters. The number of hydrogen-bond donors (Lipinski definition) is 3. The third-order valence-electron chi connectivity index (χ3n) is 3.98. The summed E-state index contributed by atoms with van der Waals surface area (Å²) in [5.74, 6) is 1.67. The van der Waals surface area contributed by atoms with Crippen LogP contribution in [0.1, 0.15) is 25.7 Å². The number of hydrogen-bond acceptors (Lipinski definition) is 7. The molecule has 4 bridgehead atoms. The number of benzene rings is 1. The van der Waals surface area contributed by atoms with E-state index in [0.717, 1.165) is 48.2 Å². The van der Waals surface area contributed by atoms with Gasteiger partial charge in [0, 0.05) is 30.8 Å². The fourth-order valence-corrected chi connectivity index (χ4v) is 3.83. The minimum atomic E-state index is -2.87. The molecule has 2 aromatic rings. The minimum absolute atomic E-state index is 0.409. The lowest BCUT2D eigenvalue weighted by atomic mass is 10.2. The number of halogens is 1. The molecule has 0 saturated heterocycles. The van der Waals surface area contributed by atoms with Gasteiger partial charge in [-0.15, -0.1) is 0 Å². The van der Waals surface area contributed by atoms with E-state index in [1.54, 1.807) is 24.4 Å². The van der Waals surface area contributed by atoms with Crippen molar-refractivity contribution in [1.29, 1.82) is 4.78 Å². The van der Waals surface area contributed by atoms with Crippen molar-refractivity contribution in [3.05, 3.63) is 28.9 Å². The summed E-state index contributed by atoms with van der Waals surface area (Å²) in [4.78, 5) is 9.18. The molecule has 0 amide bonds. The predicted octanol–water partition coefficient (Wildman–Crippen LogP) is 4.38. The maximum absolute atomic E-state index is 12.2. The van der Waals surface area contributed by atoms with E-state index < -0.39 is 9.73 Å². The maximum Gasteiger partial charge on any atom is 0.229 e. The average molecular weight is 440 g/mol. The second kappa shape index (κ2) is 8.22. The van der Waals surface area contributed by atoms with E-state index in [0.29, 0.717) is 23.2 Å². The summed E-state index contributed by atoms with van der Waals surface area (Å²) in [5, 5.41) is 6.47. The van der Waals surface area contributed by atoms with Gasteiger partial charge in [0.1, 0.15) is 11.6 Å². The Morgan fingerprint density at radius 1 is 1.27 bits per heavy atom. The van der Waals surface area contributed by atoms with E-state index >= 15 is 0 Å². The van der Waals surface area contributed by atoms with Gasteiger partial charge in [-0.3, -0.25) is 0 Å². The molecule has 1 unspecified atom stereocenters. The average Bonchev–Trinajstić information content (AvgIpc) is 2.58. The highest BCUT2D eigenvalue weighted by atomic mass is 79.9. The second-order valence-corrected chi connectivity index (χ2v) is 9.19. The van der Waals surface area contributed by atoms with Gasteiger partial charge in [0.05, 0.1) is 25.7 Å². The summed E-state index contributed by atoms with van der Waals surface area (Å²) < 4.78 is 26.8. The molecule has 1 aromatic heterocycles. The Bertz CT molecular complexity index is 889. The van der Waals surface area contributed by atoms with Crippen molar-refractivity contribution in [2.45, 2.75) is 30.6 Å². The topological polar surface area (TPSA) is 100.0 Å². The summed E-state index contributed by atoms with van der Waals surface area (Å²) in [6, 6.07) is 5.19. The molecule has 0 radical (unpaired) electrons. The van der Waals surface area contributed by atoms with Crippen LogP contribution < -0.4 is 15.4 Å². The Balaban J connectivity index is 1.96. The van der Waals surface area contributed by atoms with E-state index in [2.05, 4.69) is 36.5 Å². The van der Waals surface area contributed by atoms with Gasteiger partial charge in [-0.2, -0.15) is 4.98 Å². The maximum atomic E-state index is 12.2. The first-order chi connectivity index (χ1) is 12.4. The summed E-state index contributed by atoms with van der Waals surface area (Å²) in [6.45, 7) is 1.37. The zero-order valence-corrected chi connectivity index (χ0v) is 17.0. The lowest BCUT2D eigenvalue weighted by Crippen LogP contribution is -2.06. The monoisotopic (exact) mass is 439 g/mol. The molecule has 1 aromatic carbocycles. The van der Waals surface area contributed by atoms with Crippen LogP contribution in [0.2, 0.25) is 0 Å². The van der Waals surface area contributed by atoms with Crippen LogP contribution in [-0.2, 0) is 9.73 Å². The van der Waals surface area contributed by atoms with Gasteiger partial charge >= 0.3 is 0 Å². The van der Waals surface area contributed by atoms with Crippen LogP contribution in [0.25, 0.3) is 0 Å². The van der Waals surface area contributed by atoms with Gasteiger partial charge < -0.3 is 15.4 Å². The smallest absolute Gasteiger partial charge is 0.229 e. The standard InChI is InChI=1S/C17H22BrN5O2S/c1-26(19,24)15-7-6-12-10-14(15)25-9-5-3-2-4-8-20-16-13(18)11-21-17(22-12)23-16/h6-7,10-11,19H,2-5,8-9H2,1H3,(H2,20,21,22,23). The predicted molar refractivity (Wildman–Crippen MR) is 107 cm³/mol. The molecule has 1 aliphatic heterocycles. The van der Waals surface area contributed by atoms with Crippen molar-refractivity contribution in [1.82, 2.24) is 9.97 Å². The van der Waals surface area contributed by atoms with Crippen LogP contribution in [0.5, 0.6) is 5.75 Å². The quantitative estimate of drug-likeness (QED) is 0.609. The van der Waals surface area contributed by atoms with E-state index in [4.69, 9.17) is 9.52 Å². The van der Waals surface area contributed by atoms with Gasteiger partial charge in [0.25, 0.3) is 0 Å². The molecule has 7 nitrogen and oxygen atoms in total. The number of fused-ring (bicyclic) bond motifs is 4. The van der Waals surface area contributed by atoms with Crippen molar-refractivity contribution in [2.75, 3.05) is 30.0 Å². The fourth-order valence-electron chi connectivity index (χ4n) is 2.67. The molecule has 140 valence electrons. The molecule has 0 saturated carbocycles. The van der Waals surface area contributed by atoms with Gasteiger partial charge in [-0.1, -0.05) is 12.8 Å². The molecule has 0 fully saturated rings.